The zero-order valence-electron chi connectivity index (χ0n) is 14.4. The van der Waals surface area contributed by atoms with Crippen LogP contribution in [0.4, 0.5) is 10.9 Å². The van der Waals surface area contributed by atoms with Gasteiger partial charge < -0.3 is 5.32 Å². The summed E-state index contributed by atoms with van der Waals surface area (Å²) in [5.41, 5.74) is 2.46. The van der Waals surface area contributed by atoms with Crippen molar-refractivity contribution in [3.8, 4) is 11.3 Å². The lowest BCUT2D eigenvalue weighted by Gasteiger charge is -2.13. The van der Waals surface area contributed by atoms with E-state index < -0.39 is 0 Å². The molecule has 25 heavy (non-hydrogen) atoms. The third kappa shape index (κ3) is 4.03. The molecule has 0 aliphatic rings. The fourth-order valence-corrected chi connectivity index (χ4v) is 3.17. The number of thiazole rings is 1. The molecule has 128 valence electrons. The smallest absolute Gasteiger partial charge is 0.259 e. The van der Waals surface area contributed by atoms with E-state index in [1.807, 2.05) is 35.7 Å². The summed E-state index contributed by atoms with van der Waals surface area (Å²) in [5.74, 6) is 0.745. The zero-order chi connectivity index (χ0) is 17.8. The van der Waals surface area contributed by atoms with Crippen LogP contribution in [0.2, 0.25) is 0 Å². The van der Waals surface area contributed by atoms with Crippen molar-refractivity contribution in [2.24, 2.45) is 0 Å². The standard InChI is InChI=1S/C19H20N4OS/c1-13(2)21-17-11-15(9-10-20-17)16-12-25-19(22-16)23(3)18(24)14-7-5-4-6-8-14/h4-13H,1-3H3,(H,20,21). The van der Waals surface area contributed by atoms with Crippen LogP contribution in [0.1, 0.15) is 24.2 Å². The maximum absolute atomic E-state index is 12.5. The number of nitrogens with zero attached hydrogens (tertiary/aromatic N) is 3. The van der Waals surface area contributed by atoms with Gasteiger partial charge in [0.05, 0.1) is 5.69 Å². The number of carbonyl (C=O) groups is 1. The summed E-state index contributed by atoms with van der Waals surface area (Å²) < 4.78 is 0. The van der Waals surface area contributed by atoms with E-state index in [0.29, 0.717) is 16.7 Å². The van der Waals surface area contributed by atoms with Crippen LogP contribution in [-0.2, 0) is 0 Å². The van der Waals surface area contributed by atoms with Crippen LogP contribution < -0.4 is 10.2 Å². The molecule has 0 saturated carbocycles. The number of carbonyl (C=O) groups excluding carboxylic acids is 1. The summed E-state index contributed by atoms with van der Waals surface area (Å²) in [6.07, 6.45) is 1.76. The van der Waals surface area contributed by atoms with Gasteiger partial charge in [-0.15, -0.1) is 11.3 Å². The quantitative estimate of drug-likeness (QED) is 0.744. The van der Waals surface area contributed by atoms with E-state index in [4.69, 9.17) is 0 Å². The summed E-state index contributed by atoms with van der Waals surface area (Å²) >= 11 is 1.45. The molecule has 0 radical (unpaired) electrons. The lowest BCUT2D eigenvalue weighted by atomic mass is 10.2. The maximum atomic E-state index is 12.5. The van der Waals surface area contributed by atoms with Crippen LogP contribution in [0, 0.1) is 0 Å². The number of amides is 1. The molecule has 1 amide bonds. The van der Waals surface area contributed by atoms with Gasteiger partial charge in [-0.1, -0.05) is 18.2 Å². The van der Waals surface area contributed by atoms with Crippen molar-refractivity contribution >= 4 is 28.2 Å². The van der Waals surface area contributed by atoms with Crippen LogP contribution in [0.25, 0.3) is 11.3 Å². The Balaban J connectivity index is 1.81. The van der Waals surface area contributed by atoms with E-state index in [-0.39, 0.29) is 5.91 Å². The molecule has 1 N–H and O–H groups in total. The number of anilines is 2. The Morgan fingerprint density at radius 1 is 1.20 bits per heavy atom. The Labute approximate surface area is 151 Å². The van der Waals surface area contributed by atoms with Crippen LogP contribution in [0.3, 0.4) is 0 Å². The number of nitrogens with one attached hydrogen (secondary N) is 1. The van der Waals surface area contributed by atoms with E-state index in [1.54, 1.807) is 30.3 Å². The lowest BCUT2D eigenvalue weighted by Crippen LogP contribution is -2.25. The topological polar surface area (TPSA) is 58.1 Å². The molecule has 0 aliphatic heterocycles. The number of pyridine rings is 1. The Bertz CT molecular complexity index is 861. The minimum atomic E-state index is -0.0709. The number of aromatic nitrogens is 2. The van der Waals surface area contributed by atoms with Crippen LogP contribution in [0.5, 0.6) is 0 Å². The van der Waals surface area contributed by atoms with Gasteiger partial charge in [0.1, 0.15) is 5.82 Å². The van der Waals surface area contributed by atoms with Crippen molar-refractivity contribution in [3.05, 3.63) is 59.6 Å². The normalized spacial score (nSPS) is 10.7. The molecule has 6 heteroatoms. The Hall–Kier alpha value is -2.73. The van der Waals surface area contributed by atoms with Gasteiger partial charge in [-0.2, -0.15) is 0 Å². The molecule has 0 bridgehead atoms. The average molecular weight is 352 g/mol. The molecular formula is C19H20N4OS. The number of hydrogen-bond donors (Lipinski definition) is 1. The van der Waals surface area contributed by atoms with Crippen LogP contribution in [-0.4, -0.2) is 29.0 Å². The van der Waals surface area contributed by atoms with E-state index in [0.717, 1.165) is 17.1 Å². The first-order valence-electron chi connectivity index (χ1n) is 8.06. The van der Waals surface area contributed by atoms with Gasteiger partial charge in [-0.25, -0.2) is 9.97 Å². The summed E-state index contributed by atoms with van der Waals surface area (Å²) in [6.45, 7) is 4.14. The predicted octanol–water partition coefficient (Wildman–Crippen LogP) is 4.30. The van der Waals surface area contributed by atoms with E-state index in [1.165, 1.54) is 11.3 Å². The summed E-state index contributed by atoms with van der Waals surface area (Å²) in [4.78, 5) is 23.1. The van der Waals surface area contributed by atoms with E-state index in [9.17, 15) is 4.79 Å². The highest BCUT2D eigenvalue weighted by Crippen LogP contribution is 2.28. The number of rotatable bonds is 5. The van der Waals surface area contributed by atoms with Crippen molar-refractivity contribution in [1.29, 1.82) is 0 Å². The van der Waals surface area contributed by atoms with Crippen LogP contribution >= 0.6 is 11.3 Å². The van der Waals surface area contributed by atoms with Crippen molar-refractivity contribution in [2.45, 2.75) is 19.9 Å². The highest BCUT2D eigenvalue weighted by atomic mass is 32.1. The Morgan fingerprint density at radius 3 is 2.68 bits per heavy atom. The van der Waals surface area contributed by atoms with Gasteiger partial charge >= 0.3 is 0 Å². The first-order valence-corrected chi connectivity index (χ1v) is 8.94. The minimum absolute atomic E-state index is 0.0709. The molecule has 0 aliphatic carbocycles. The minimum Gasteiger partial charge on any atom is -0.368 e. The van der Waals surface area contributed by atoms with E-state index >= 15 is 0 Å². The van der Waals surface area contributed by atoms with Crippen molar-refractivity contribution in [3.63, 3.8) is 0 Å². The van der Waals surface area contributed by atoms with Gasteiger partial charge in [-0.3, -0.25) is 9.69 Å². The predicted molar refractivity (Wildman–Crippen MR) is 103 cm³/mol. The average Bonchev–Trinajstić information content (AvgIpc) is 3.11. The maximum Gasteiger partial charge on any atom is 0.259 e. The van der Waals surface area contributed by atoms with Gasteiger partial charge in [0, 0.05) is 35.8 Å². The molecule has 0 unspecified atom stereocenters. The second-order valence-electron chi connectivity index (χ2n) is 5.97. The monoisotopic (exact) mass is 352 g/mol. The molecule has 0 atom stereocenters. The summed E-state index contributed by atoms with van der Waals surface area (Å²) in [6, 6.07) is 13.4. The first kappa shape index (κ1) is 17.1. The summed E-state index contributed by atoms with van der Waals surface area (Å²) in [5, 5.41) is 5.91. The third-order valence-electron chi connectivity index (χ3n) is 3.60. The molecule has 0 saturated heterocycles. The fourth-order valence-electron chi connectivity index (χ4n) is 2.38. The molecule has 1 aromatic carbocycles. The number of benzene rings is 1. The SMILES string of the molecule is CC(C)Nc1cc(-c2csc(N(C)C(=O)c3ccccc3)n2)ccn1. The molecular weight excluding hydrogens is 332 g/mol. The molecule has 3 rings (SSSR count). The Kier molecular flexibility index (Phi) is 5.09. The third-order valence-corrected chi connectivity index (χ3v) is 4.51. The van der Waals surface area contributed by atoms with Crippen molar-refractivity contribution < 1.29 is 4.79 Å². The lowest BCUT2D eigenvalue weighted by molar-refractivity contribution is 0.0993. The van der Waals surface area contributed by atoms with Crippen molar-refractivity contribution in [1.82, 2.24) is 9.97 Å². The highest BCUT2D eigenvalue weighted by Gasteiger charge is 2.17. The van der Waals surface area contributed by atoms with Gasteiger partial charge in [0.2, 0.25) is 0 Å². The van der Waals surface area contributed by atoms with Gasteiger partial charge in [0.25, 0.3) is 5.91 Å². The summed E-state index contributed by atoms with van der Waals surface area (Å²) in [7, 11) is 1.75. The Morgan fingerprint density at radius 2 is 1.96 bits per heavy atom. The zero-order valence-corrected chi connectivity index (χ0v) is 15.2. The van der Waals surface area contributed by atoms with Crippen molar-refractivity contribution in [2.75, 3.05) is 17.3 Å². The van der Waals surface area contributed by atoms with Gasteiger partial charge in [-0.05, 0) is 38.1 Å². The molecule has 0 spiro atoms. The molecule has 2 heterocycles. The molecule has 0 fully saturated rings. The molecule has 3 aromatic rings. The second-order valence-corrected chi connectivity index (χ2v) is 6.81. The molecule has 5 nitrogen and oxygen atoms in total. The highest BCUT2D eigenvalue weighted by molar-refractivity contribution is 7.14. The van der Waals surface area contributed by atoms with Crippen LogP contribution in [0.15, 0.2) is 54.0 Å². The van der Waals surface area contributed by atoms with E-state index in [2.05, 4.69) is 29.1 Å². The first-order chi connectivity index (χ1) is 12.0. The largest absolute Gasteiger partial charge is 0.368 e. The van der Waals surface area contributed by atoms with Gasteiger partial charge in [0.15, 0.2) is 5.13 Å². The second kappa shape index (κ2) is 7.44. The molecule has 2 aromatic heterocycles. The number of hydrogen-bond acceptors (Lipinski definition) is 5. The fraction of sp³-hybridized carbons (Fsp3) is 0.211.